The molecule has 3 aromatic carbocycles. The molecule has 0 amide bonds. The largest absolute Gasteiger partial charge is 0.466 e. The van der Waals surface area contributed by atoms with E-state index in [1.807, 2.05) is 101 Å². The van der Waals surface area contributed by atoms with Gasteiger partial charge >= 0.3 is 17.9 Å². The zero-order valence-corrected chi connectivity index (χ0v) is 39.9. The van der Waals surface area contributed by atoms with Crippen molar-refractivity contribution in [1.82, 2.24) is 29.1 Å². The van der Waals surface area contributed by atoms with Gasteiger partial charge in [-0.2, -0.15) is 9.97 Å². The Labute approximate surface area is 395 Å². The Bertz CT molecular complexity index is 2730. The number of carbonyl (C=O) groups is 3. The lowest BCUT2D eigenvalue weighted by Gasteiger charge is -2.17. The average Bonchev–Trinajstić information content (AvgIpc) is 3.30. The molecule has 16 nitrogen and oxygen atoms in total. The maximum absolute atomic E-state index is 12.5. The minimum absolute atomic E-state index is 0.0369. The lowest BCUT2D eigenvalue weighted by Crippen LogP contribution is -2.23. The smallest absolute Gasteiger partial charge is 0.310 e. The number of anilines is 2. The summed E-state index contributed by atoms with van der Waals surface area (Å²) < 4.78 is 18.3. The molecule has 0 spiro atoms. The van der Waals surface area contributed by atoms with Crippen molar-refractivity contribution in [2.24, 2.45) is 0 Å². The molecule has 19 heteroatoms. The van der Waals surface area contributed by atoms with Crippen LogP contribution in [-0.4, -0.2) is 79.3 Å². The summed E-state index contributed by atoms with van der Waals surface area (Å²) in [6, 6.07) is 25.2. The van der Waals surface area contributed by atoms with Crippen molar-refractivity contribution in [2.75, 3.05) is 37.6 Å². The normalized spacial score (nSPS) is 10.4. The summed E-state index contributed by atoms with van der Waals surface area (Å²) in [6.07, 6.45) is 8.23. The Kier molecular flexibility index (Phi) is 21.4. The number of carbonyl (C=O) groups excluding carboxylic acids is 3. The third-order valence-electron chi connectivity index (χ3n) is 9.15. The molecule has 2 N–H and O–H groups in total. The Morgan fingerprint density at radius 3 is 1.67 bits per heavy atom. The van der Waals surface area contributed by atoms with Crippen LogP contribution in [0.2, 0.25) is 5.02 Å². The number of benzene rings is 3. The van der Waals surface area contributed by atoms with Crippen molar-refractivity contribution in [2.45, 2.75) is 70.4 Å². The lowest BCUT2D eigenvalue weighted by atomic mass is 10.2. The summed E-state index contributed by atoms with van der Waals surface area (Å²) in [7, 11) is 0. The van der Waals surface area contributed by atoms with Gasteiger partial charge in [-0.3, -0.25) is 28.8 Å². The van der Waals surface area contributed by atoms with Crippen LogP contribution in [0.25, 0.3) is 0 Å². The maximum Gasteiger partial charge on any atom is 0.310 e. The van der Waals surface area contributed by atoms with E-state index in [1.165, 1.54) is 29.7 Å². The molecule has 0 saturated carbocycles. The zero-order chi connectivity index (χ0) is 48.0. The molecule has 0 unspecified atom stereocenters. The molecule has 6 aromatic rings. The summed E-state index contributed by atoms with van der Waals surface area (Å²) >= 11 is 8.95. The minimum Gasteiger partial charge on any atom is -0.466 e. The van der Waals surface area contributed by atoms with E-state index in [4.69, 9.17) is 25.8 Å². The molecule has 3 aromatic heterocycles. The van der Waals surface area contributed by atoms with Crippen LogP contribution in [-0.2, 0) is 60.9 Å². The van der Waals surface area contributed by atoms with E-state index < -0.39 is 23.5 Å². The van der Waals surface area contributed by atoms with Crippen molar-refractivity contribution in [3.05, 3.63) is 167 Å². The molecule has 0 radical (unpaired) electrons. The van der Waals surface area contributed by atoms with Gasteiger partial charge in [0.2, 0.25) is 5.95 Å². The fourth-order valence-electron chi connectivity index (χ4n) is 5.96. The second kappa shape index (κ2) is 27.1. The predicted molar refractivity (Wildman–Crippen MR) is 257 cm³/mol. The number of H-pyrrole nitrogens is 1. The van der Waals surface area contributed by atoms with Crippen molar-refractivity contribution in [3.8, 4) is 0 Å². The highest BCUT2D eigenvalue weighted by atomic mass is 35.5. The first-order chi connectivity index (χ1) is 31.8. The van der Waals surface area contributed by atoms with Crippen molar-refractivity contribution < 1.29 is 28.6 Å². The van der Waals surface area contributed by atoms with E-state index in [0.717, 1.165) is 22.4 Å². The van der Waals surface area contributed by atoms with Crippen LogP contribution in [0, 0.1) is 6.92 Å². The first kappa shape index (κ1) is 52.1. The minimum atomic E-state index is -0.468. The second-order valence-corrected chi connectivity index (χ2v) is 15.9. The van der Waals surface area contributed by atoms with Gasteiger partial charge in [0.05, 0.1) is 45.6 Å². The molecule has 0 bridgehead atoms. The van der Waals surface area contributed by atoms with Gasteiger partial charge in [0, 0.05) is 52.5 Å². The van der Waals surface area contributed by atoms with Crippen molar-refractivity contribution in [3.63, 3.8) is 0 Å². The highest BCUT2D eigenvalue weighted by molar-refractivity contribution is 7.98. The Hall–Kier alpha value is -6.50. The Balaban J connectivity index is 0.000000228. The highest BCUT2D eigenvalue weighted by Gasteiger charge is 2.16. The molecule has 3 heterocycles. The van der Waals surface area contributed by atoms with Crippen molar-refractivity contribution in [1.29, 1.82) is 0 Å². The van der Waals surface area contributed by atoms with Gasteiger partial charge in [0.1, 0.15) is 0 Å². The number of thioether (sulfide) groups is 2. The van der Waals surface area contributed by atoms with Gasteiger partial charge in [-0.1, -0.05) is 102 Å². The fourth-order valence-corrected chi connectivity index (χ4v) is 7.01. The van der Waals surface area contributed by atoms with Gasteiger partial charge < -0.3 is 33.6 Å². The van der Waals surface area contributed by atoms with Crippen LogP contribution in [0.3, 0.4) is 0 Å². The summed E-state index contributed by atoms with van der Waals surface area (Å²) in [5.74, 6) is -0.910. The van der Waals surface area contributed by atoms with Crippen LogP contribution < -0.4 is 22.0 Å². The number of nitrogens with one attached hydrogen (secondary N) is 2. The summed E-state index contributed by atoms with van der Waals surface area (Å²) in [5.41, 5.74) is 3.57. The summed E-state index contributed by atoms with van der Waals surface area (Å²) in [5, 5.41) is 4.98. The molecule has 0 aliphatic carbocycles. The van der Waals surface area contributed by atoms with E-state index in [1.54, 1.807) is 39.2 Å². The SMILES string of the molecule is CCOC(=O)Cc1cn(Cc2ccccc2)c(Nc2cccc(Cl)c2C)nc1=O.CCOC(=O)Cc1cn(Cc2ccccc2)c(SC)nc1=O.CCOC(=O)Cc1cnc(SC)[nH]c1=O. The third-order valence-corrected chi connectivity index (χ3v) is 10.8. The molecular formula is C47H52ClN7O9S2. The van der Waals surface area contributed by atoms with Gasteiger partial charge in [0.25, 0.3) is 16.7 Å². The molecule has 0 saturated heterocycles. The molecule has 348 valence electrons. The molecular weight excluding hydrogens is 906 g/mol. The van der Waals surface area contributed by atoms with Crippen molar-refractivity contribution >= 4 is 64.7 Å². The zero-order valence-electron chi connectivity index (χ0n) is 37.5. The maximum atomic E-state index is 12.5. The van der Waals surface area contributed by atoms with Crippen LogP contribution in [0.4, 0.5) is 11.6 Å². The average molecular weight is 959 g/mol. The molecule has 0 aliphatic rings. The van der Waals surface area contributed by atoms with E-state index in [9.17, 15) is 28.8 Å². The van der Waals surface area contributed by atoms with Gasteiger partial charge in [-0.15, -0.1) is 0 Å². The fraction of sp³-hybridized carbons (Fsp3) is 0.298. The quantitative estimate of drug-likeness (QED) is 0.0417. The first-order valence-electron chi connectivity index (χ1n) is 20.7. The van der Waals surface area contributed by atoms with E-state index >= 15 is 0 Å². The van der Waals surface area contributed by atoms with Crippen LogP contribution in [0.1, 0.15) is 54.2 Å². The lowest BCUT2D eigenvalue weighted by molar-refractivity contribution is -0.143. The van der Waals surface area contributed by atoms with E-state index in [0.29, 0.717) is 58.7 Å². The Morgan fingerprint density at radius 2 is 1.17 bits per heavy atom. The number of hydrogen-bond donors (Lipinski definition) is 2. The number of hydrogen-bond acceptors (Lipinski definition) is 15. The monoisotopic (exact) mass is 957 g/mol. The predicted octanol–water partition coefficient (Wildman–Crippen LogP) is 6.82. The van der Waals surface area contributed by atoms with Crippen LogP contribution >= 0.6 is 35.1 Å². The molecule has 0 aliphatic heterocycles. The number of aromatic amines is 1. The summed E-state index contributed by atoms with van der Waals surface area (Å²) in [6.45, 7) is 9.02. The number of esters is 3. The molecule has 0 fully saturated rings. The van der Waals surface area contributed by atoms with E-state index in [2.05, 4.69) is 25.3 Å². The number of halogens is 1. The standard InChI is InChI=1S/C22H22ClN3O3.C16H18N2O3S.C9H12N2O3S/c1-3-29-20(27)12-17-14-26(13-16-8-5-4-6-9-16)22(25-21(17)28)24-19-11-7-10-18(23)15(19)2;1-3-21-14(19)9-13-11-18(16(22-2)17-15(13)20)10-12-7-5-4-6-8-12;1-3-14-7(12)4-6-5-10-9(15-2)11-8(6)13/h4-11,14H,3,12-13H2,1-2H3,(H,24,25,28);4-8,11H,3,9-10H2,1-2H3;5H,3-4H2,1-2H3,(H,10,11,13). The molecule has 6 rings (SSSR count). The van der Waals surface area contributed by atoms with Crippen LogP contribution in [0.5, 0.6) is 0 Å². The molecule has 0 atom stereocenters. The molecule has 66 heavy (non-hydrogen) atoms. The number of rotatable bonds is 17. The summed E-state index contributed by atoms with van der Waals surface area (Å²) in [4.78, 5) is 85.3. The third kappa shape index (κ3) is 16.5. The van der Waals surface area contributed by atoms with Gasteiger partial charge in [0.15, 0.2) is 10.3 Å². The number of nitrogens with zero attached hydrogens (tertiary/aromatic N) is 5. The number of aromatic nitrogens is 6. The van der Waals surface area contributed by atoms with E-state index in [-0.39, 0.29) is 42.6 Å². The number of ether oxygens (including phenoxy) is 3. The second-order valence-electron chi connectivity index (χ2n) is 13.9. The Morgan fingerprint density at radius 1 is 0.667 bits per heavy atom. The highest BCUT2D eigenvalue weighted by Crippen LogP contribution is 2.26. The van der Waals surface area contributed by atoms with Gasteiger partial charge in [-0.05, 0) is 69.0 Å². The van der Waals surface area contributed by atoms with Gasteiger partial charge in [-0.25, -0.2) is 4.98 Å². The first-order valence-corrected chi connectivity index (χ1v) is 23.5. The topological polar surface area (TPSA) is 206 Å². The van der Waals surface area contributed by atoms with Crippen LogP contribution in [0.15, 0.2) is 122 Å².